The van der Waals surface area contributed by atoms with Crippen molar-refractivity contribution in [1.29, 1.82) is 0 Å². The van der Waals surface area contributed by atoms with E-state index in [2.05, 4.69) is 5.10 Å². The monoisotopic (exact) mass is 291 g/mol. The summed E-state index contributed by atoms with van der Waals surface area (Å²) in [4.78, 5) is 11.9. The number of carbonyl (C=O) groups is 1. The van der Waals surface area contributed by atoms with Crippen LogP contribution in [0, 0.1) is 5.92 Å². The highest BCUT2D eigenvalue weighted by molar-refractivity contribution is 5.81. The number of nitrogens with zero attached hydrogens (tertiary/aromatic N) is 2. The predicted molar refractivity (Wildman–Crippen MR) is 63.5 cm³/mol. The van der Waals surface area contributed by atoms with Gasteiger partial charge in [0.15, 0.2) is 0 Å². The van der Waals surface area contributed by atoms with Crippen molar-refractivity contribution >= 4 is 5.97 Å². The van der Waals surface area contributed by atoms with Crippen LogP contribution >= 0.6 is 0 Å². The van der Waals surface area contributed by atoms with Crippen molar-refractivity contribution in [1.82, 2.24) is 9.78 Å². The summed E-state index contributed by atoms with van der Waals surface area (Å²) in [5, 5.41) is 3.63. The first-order chi connectivity index (χ1) is 9.27. The second-order valence-electron chi connectivity index (χ2n) is 4.96. The van der Waals surface area contributed by atoms with Gasteiger partial charge in [-0.15, -0.1) is 0 Å². The average molecular weight is 291 g/mol. The summed E-state index contributed by atoms with van der Waals surface area (Å²) in [6.07, 6.45) is -1.36. The van der Waals surface area contributed by atoms with Gasteiger partial charge >= 0.3 is 12.1 Å². The normalized spacial score (nSPS) is 18.6. The highest BCUT2D eigenvalue weighted by Crippen LogP contribution is 2.40. The molecule has 20 heavy (non-hydrogen) atoms. The molecule has 0 radical (unpaired) electrons. The third kappa shape index (κ3) is 2.95. The lowest BCUT2D eigenvalue weighted by molar-refractivity contribution is -0.151. The summed E-state index contributed by atoms with van der Waals surface area (Å²) in [5.74, 6) is -0.661. The number of carbonyl (C=O) groups excluding carboxylic acids is 1. The van der Waals surface area contributed by atoms with Crippen molar-refractivity contribution in [3.05, 3.63) is 18.0 Å². The minimum absolute atomic E-state index is 0.0694. The van der Waals surface area contributed by atoms with Crippen molar-refractivity contribution in [3.8, 4) is 0 Å². The Balaban J connectivity index is 2.16. The first kappa shape index (κ1) is 14.8. The zero-order valence-electron chi connectivity index (χ0n) is 11.0. The number of alkyl halides is 3. The molecule has 1 atom stereocenters. The lowest BCUT2D eigenvalue weighted by Crippen LogP contribution is -2.54. The summed E-state index contributed by atoms with van der Waals surface area (Å²) >= 11 is 0. The number of ether oxygens (including phenoxy) is 1. The van der Waals surface area contributed by atoms with Crippen LogP contribution in [0.25, 0.3) is 0 Å². The number of aromatic nitrogens is 2. The van der Waals surface area contributed by atoms with Gasteiger partial charge in [0, 0.05) is 6.20 Å². The highest BCUT2D eigenvalue weighted by Gasteiger charge is 2.50. The topological polar surface area (TPSA) is 70.1 Å². The van der Waals surface area contributed by atoms with E-state index in [1.54, 1.807) is 6.92 Å². The third-order valence-electron chi connectivity index (χ3n) is 3.35. The molecule has 2 N–H and O–H groups in total. The summed E-state index contributed by atoms with van der Waals surface area (Å²) in [6, 6.07) is 0. The Morgan fingerprint density at radius 1 is 1.55 bits per heavy atom. The van der Waals surface area contributed by atoms with Gasteiger partial charge in [-0.05, 0) is 25.7 Å². The van der Waals surface area contributed by atoms with Crippen LogP contribution < -0.4 is 5.73 Å². The van der Waals surface area contributed by atoms with E-state index in [-0.39, 0.29) is 19.1 Å². The largest absolute Gasteiger partial charge is 0.465 e. The number of hydrogen-bond donors (Lipinski definition) is 1. The molecule has 0 amide bonds. The van der Waals surface area contributed by atoms with Crippen LogP contribution in [-0.2, 0) is 22.3 Å². The second-order valence-corrected chi connectivity index (χ2v) is 4.96. The molecule has 1 aromatic rings. The molecule has 0 spiro atoms. The summed E-state index contributed by atoms with van der Waals surface area (Å²) < 4.78 is 43.5. The summed E-state index contributed by atoms with van der Waals surface area (Å²) in [6.45, 7) is 1.71. The third-order valence-corrected chi connectivity index (χ3v) is 3.35. The van der Waals surface area contributed by atoms with Crippen molar-refractivity contribution in [3.63, 3.8) is 0 Å². The molecule has 112 valence electrons. The first-order valence-electron chi connectivity index (χ1n) is 6.33. The zero-order valence-corrected chi connectivity index (χ0v) is 11.0. The number of nitrogens with two attached hydrogens (primary N) is 1. The molecular weight excluding hydrogens is 275 g/mol. The molecule has 1 aliphatic rings. The lowest BCUT2D eigenvalue weighted by atomic mass is 9.94. The standard InChI is InChI=1S/C12H16F3N3O2/c1-2-20-10(19)11(16,8-3-4-8)7-18-6-9(5-17-18)12(13,14)15/h5-6,8H,2-4,7,16H2,1H3. The summed E-state index contributed by atoms with van der Waals surface area (Å²) in [7, 11) is 0. The number of halogens is 3. The molecule has 1 aromatic heterocycles. The van der Waals surface area contributed by atoms with Gasteiger partial charge in [-0.1, -0.05) is 0 Å². The maximum absolute atomic E-state index is 12.5. The second kappa shape index (κ2) is 5.08. The number of hydrogen-bond acceptors (Lipinski definition) is 4. The number of rotatable bonds is 5. The van der Waals surface area contributed by atoms with Crippen molar-refractivity contribution in [2.24, 2.45) is 11.7 Å². The molecule has 1 saturated carbocycles. The Bertz CT molecular complexity index is 496. The first-order valence-corrected chi connectivity index (χ1v) is 6.33. The van der Waals surface area contributed by atoms with Crippen LogP contribution in [0.2, 0.25) is 0 Å². The fraction of sp³-hybridized carbons (Fsp3) is 0.667. The number of esters is 1. The van der Waals surface area contributed by atoms with Gasteiger partial charge in [0.25, 0.3) is 0 Å². The van der Waals surface area contributed by atoms with Crippen molar-refractivity contribution in [2.45, 2.75) is 38.0 Å². The van der Waals surface area contributed by atoms with E-state index in [1.165, 1.54) is 0 Å². The smallest absolute Gasteiger partial charge is 0.419 e. The Morgan fingerprint density at radius 3 is 2.65 bits per heavy atom. The van der Waals surface area contributed by atoms with Gasteiger partial charge < -0.3 is 10.5 Å². The lowest BCUT2D eigenvalue weighted by Gasteiger charge is -2.26. The Morgan fingerprint density at radius 2 is 2.20 bits per heavy atom. The van der Waals surface area contributed by atoms with E-state index < -0.39 is 23.2 Å². The Labute approximate surface area is 113 Å². The average Bonchev–Trinajstić information content (AvgIpc) is 3.09. The van der Waals surface area contributed by atoms with Crippen molar-refractivity contribution in [2.75, 3.05) is 6.61 Å². The van der Waals surface area contributed by atoms with E-state index >= 15 is 0 Å². The molecule has 1 heterocycles. The summed E-state index contributed by atoms with van der Waals surface area (Å²) in [5.41, 5.74) is 3.89. The van der Waals surface area contributed by atoms with E-state index in [9.17, 15) is 18.0 Å². The Kier molecular flexibility index (Phi) is 3.77. The predicted octanol–water partition coefficient (Wildman–Crippen LogP) is 1.57. The molecule has 5 nitrogen and oxygen atoms in total. The maximum atomic E-state index is 12.5. The fourth-order valence-corrected chi connectivity index (χ4v) is 2.09. The van der Waals surface area contributed by atoms with Gasteiger partial charge in [-0.3, -0.25) is 4.68 Å². The van der Waals surface area contributed by atoms with Crippen LogP contribution in [0.3, 0.4) is 0 Å². The molecule has 2 rings (SSSR count). The van der Waals surface area contributed by atoms with Crippen LogP contribution in [0.15, 0.2) is 12.4 Å². The van der Waals surface area contributed by atoms with Crippen LogP contribution in [0.5, 0.6) is 0 Å². The van der Waals surface area contributed by atoms with Crippen molar-refractivity contribution < 1.29 is 22.7 Å². The molecule has 0 saturated heterocycles. The van der Waals surface area contributed by atoms with E-state index in [0.717, 1.165) is 29.9 Å². The molecule has 0 aliphatic heterocycles. The molecule has 1 fully saturated rings. The maximum Gasteiger partial charge on any atom is 0.419 e. The molecule has 1 unspecified atom stereocenters. The van der Waals surface area contributed by atoms with Gasteiger partial charge in [-0.25, -0.2) is 4.79 Å². The van der Waals surface area contributed by atoms with Gasteiger partial charge in [0.2, 0.25) is 0 Å². The quantitative estimate of drug-likeness (QED) is 0.836. The fourth-order valence-electron chi connectivity index (χ4n) is 2.09. The van der Waals surface area contributed by atoms with Crippen LogP contribution in [0.1, 0.15) is 25.3 Å². The minimum atomic E-state index is -4.46. The molecular formula is C12H16F3N3O2. The minimum Gasteiger partial charge on any atom is -0.465 e. The molecule has 0 bridgehead atoms. The van der Waals surface area contributed by atoms with Crippen LogP contribution in [0.4, 0.5) is 13.2 Å². The van der Waals surface area contributed by atoms with E-state index in [0.29, 0.717) is 0 Å². The van der Waals surface area contributed by atoms with Gasteiger partial charge in [-0.2, -0.15) is 18.3 Å². The zero-order chi connectivity index (χ0) is 15.0. The van der Waals surface area contributed by atoms with Crippen LogP contribution in [-0.4, -0.2) is 27.9 Å². The molecule has 0 aromatic carbocycles. The highest BCUT2D eigenvalue weighted by atomic mass is 19.4. The van der Waals surface area contributed by atoms with E-state index in [1.807, 2.05) is 0 Å². The van der Waals surface area contributed by atoms with Gasteiger partial charge in [0.05, 0.1) is 24.9 Å². The van der Waals surface area contributed by atoms with E-state index in [4.69, 9.17) is 10.5 Å². The molecule has 8 heteroatoms. The Hall–Kier alpha value is -1.57. The SMILES string of the molecule is CCOC(=O)C(N)(Cn1cc(C(F)(F)F)cn1)C1CC1. The molecule has 1 aliphatic carbocycles. The van der Waals surface area contributed by atoms with Gasteiger partial charge in [0.1, 0.15) is 5.54 Å².